The lowest BCUT2D eigenvalue weighted by atomic mass is 9.76. The summed E-state index contributed by atoms with van der Waals surface area (Å²) in [5.74, 6) is 2.83. The first-order valence-electron chi connectivity index (χ1n) is 12.0. The zero-order valence-corrected chi connectivity index (χ0v) is 18.3. The maximum atomic E-state index is 6.06. The molecule has 0 heterocycles. The van der Waals surface area contributed by atoms with Gasteiger partial charge in [0.05, 0.1) is 0 Å². The molecule has 162 valence electrons. The van der Waals surface area contributed by atoms with Gasteiger partial charge in [-0.15, -0.1) is 0 Å². The third kappa shape index (κ3) is 6.58. The van der Waals surface area contributed by atoms with Crippen LogP contribution >= 0.6 is 0 Å². The maximum Gasteiger partial charge on any atom is 0.119 e. The van der Waals surface area contributed by atoms with Crippen LogP contribution < -0.4 is 15.8 Å². The highest BCUT2D eigenvalue weighted by Crippen LogP contribution is 2.35. The molecule has 0 atom stereocenters. The summed E-state index contributed by atoms with van der Waals surface area (Å²) in [4.78, 5) is 0. The molecule has 0 amide bonds. The molecule has 0 spiro atoms. The van der Waals surface area contributed by atoms with Crippen LogP contribution in [0.25, 0.3) is 0 Å². The summed E-state index contributed by atoms with van der Waals surface area (Å²) in [5.41, 5.74) is 8.60. The fraction of sp³-hybridized carbons (Fsp3) is 0.556. The first-order valence-corrected chi connectivity index (χ1v) is 12.0. The number of benzene rings is 2. The van der Waals surface area contributed by atoms with Crippen molar-refractivity contribution in [2.24, 2.45) is 17.6 Å². The van der Waals surface area contributed by atoms with Crippen LogP contribution in [0.4, 0.5) is 0 Å². The second kappa shape index (κ2) is 11.0. The highest BCUT2D eigenvalue weighted by molar-refractivity contribution is 5.27. The average molecular weight is 407 g/mol. The van der Waals surface area contributed by atoms with Gasteiger partial charge in [-0.25, -0.2) is 0 Å². The summed E-state index contributed by atoms with van der Waals surface area (Å²) in [6.45, 7) is 1.57. The molecule has 3 nitrogen and oxygen atoms in total. The molecule has 0 radical (unpaired) electrons. The number of ether oxygens (including phenoxy) is 1. The standard InChI is InChI=1S/C27H38N2O/c28-25-12-6-21(7-13-25)18-22-8-14-26(15-9-22)29-19-23-10-16-27(17-11-23)30-20-24-4-2-1-3-5-24/h1-5,10-11,16-17,21-22,25-26,29H,6-9,12-15,18-20,28H2. The molecule has 0 bridgehead atoms. The Morgan fingerprint density at radius 1 is 0.733 bits per heavy atom. The van der Waals surface area contributed by atoms with Crippen molar-refractivity contribution in [3.8, 4) is 5.75 Å². The Kier molecular flexibility index (Phi) is 7.82. The molecule has 4 rings (SSSR count). The highest BCUT2D eigenvalue weighted by Gasteiger charge is 2.25. The van der Waals surface area contributed by atoms with Gasteiger partial charge in [-0.3, -0.25) is 0 Å². The van der Waals surface area contributed by atoms with E-state index < -0.39 is 0 Å². The van der Waals surface area contributed by atoms with Gasteiger partial charge in [-0.05, 0) is 92.9 Å². The molecule has 30 heavy (non-hydrogen) atoms. The van der Waals surface area contributed by atoms with E-state index in [1.54, 1.807) is 0 Å². The summed E-state index contributed by atoms with van der Waals surface area (Å²) in [5, 5.41) is 3.79. The molecule has 2 fully saturated rings. The van der Waals surface area contributed by atoms with Gasteiger partial charge in [0, 0.05) is 18.6 Å². The van der Waals surface area contributed by atoms with Gasteiger partial charge < -0.3 is 15.8 Å². The molecule has 2 aromatic carbocycles. The van der Waals surface area contributed by atoms with Crippen molar-refractivity contribution in [3.05, 3.63) is 65.7 Å². The molecule has 2 saturated carbocycles. The minimum Gasteiger partial charge on any atom is -0.489 e. The molecule has 2 aromatic rings. The van der Waals surface area contributed by atoms with E-state index in [-0.39, 0.29) is 0 Å². The Hall–Kier alpha value is -1.84. The lowest BCUT2D eigenvalue weighted by Gasteiger charge is -2.33. The van der Waals surface area contributed by atoms with Crippen molar-refractivity contribution in [3.63, 3.8) is 0 Å². The number of hydrogen-bond acceptors (Lipinski definition) is 3. The monoisotopic (exact) mass is 406 g/mol. The first-order chi connectivity index (χ1) is 14.7. The van der Waals surface area contributed by atoms with E-state index in [2.05, 4.69) is 41.7 Å². The molecular weight excluding hydrogens is 368 g/mol. The molecule has 0 aliphatic heterocycles. The Balaban J connectivity index is 1.13. The molecule has 0 aromatic heterocycles. The number of hydrogen-bond donors (Lipinski definition) is 2. The van der Waals surface area contributed by atoms with Crippen LogP contribution in [0.2, 0.25) is 0 Å². The Morgan fingerprint density at radius 2 is 1.37 bits per heavy atom. The predicted octanol–water partition coefficient (Wildman–Crippen LogP) is 5.82. The Bertz CT molecular complexity index is 729. The topological polar surface area (TPSA) is 47.3 Å². The minimum absolute atomic E-state index is 0.477. The maximum absolute atomic E-state index is 6.06. The molecule has 0 unspecified atom stereocenters. The summed E-state index contributed by atoms with van der Waals surface area (Å²) in [6.07, 6.45) is 12.1. The van der Waals surface area contributed by atoms with Crippen LogP contribution in [0.1, 0.15) is 68.9 Å². The minimum atomic E-state index is 0.477. The summed E-state index contributed by atoms with van der Waals surface area (Å²) >= 11 is 0. The van der Waals surface area contributed by atoms with Gasteiger partial charge in [-0.2, -0.15) is 0 Å². The molecule has 2 aliphatic rings. The second-order valence-corrected chi connectivity index (χ2v) is 9.53. The smallest absolute Gasteiger partial charge is 0.119 e. The summed E-state index contributed by atoms with van der Waals surface area (Å²) in [7, 11) is 0. The van der Waals surface area contributed by atoms with Crippen LogP contribution in [0.5, 0.6) is 5.75 Å². The molecular formula is C27H38N2O. The zero-order valence-electron chi connectivity index (χ0n) is 18.3. The van der Waals surface area contributed by atoms with Gasteiger partial charge >= 0.3 is 0 Å². The van der Waals surface area contributed by atoms with Crippen molar-refractivity contribution < 1.29 is 4.74 Å². The van der Waals surface area contributed by atoms with Crippen LogP contribution in [-0.2, 0) is 13.2 Å². The van der Waals surface area contributed by atoms with E-state index in [1.807, 2.05) is 18.2 Å². The number of nitrogens with one attached hydrogen (secondary N) is 1. The number of rotatable bonds is 8. The van der Waals surface area contributed by atoms with E-state index in [1.165, 1.54) is 68.9 Å². The van der Waals surface area contributed by atoms with Gasteiger partial charge in [0.15, 0.2) is 0 Å². The van der Waals surface area contributed by atoms with Gasteiger partial charge in [0.25, 0.3) is 0 Å². The van der Waals surface area contributed by atoms with Gasteiger partial charge in [-0.1, -0.05) is 42.5 Å². The van der Waals surface area contributed by atoms with E-state index in [0.717, 1.165) is 24.1 Å². The molecule has 3 heteroatoms. The lowest BCUT2D eigenvalue weighted by molar-refractivity contribution is 0.214. The van der Waals surface area contributed by atoms with E-state index >= 15 is 0 Å². The third-order valence-corrected chi connectivity index (χ3v) is 7.17. The van der Waals surface area contributed by atoms with Crippen molar-refractivity contribution in [1.29, 1.82) is 0 Å². The largest absolute Gasteiger partial charge is 0.489 e. The zero-order chi connectivity index (χ0) is 20.6. The molecule has 0 saturated heterocycles. The predicted molar refractivity (Wildman–Crippen MR) is 124 cm³/mol. The summed E-state index contributed by atoms with van der Waals surface area (Å²) in [6, 6.07) is 20.0. The third-order valence-electron chi connectivity index (χ3n) is 7.17. The normalized spacial score (nSPS) is 27.0. The molecule has 2 aliphatic carbocycles. The SMILES string of the molecule is NC1CCC(CC2CCC(NCc3ccc(OCc4ccccc4)cc3)CC2)CC1. The van der Waals surface area contributed by atoms with Crippen LogP contribution in [0.3, 0.4) is 0 Å². The van der Waals surface area contributed by atoms with Crippen molar-refractivity contribution >= 4 is 0 Å². The van der Waals surface area contributed by atoms with Crippen molar-refractivity contribution in [2.75, 3.05) is 0 Å². The molecule has 3 N–H and O–H groups in total. The Morgan fingerprint density at radius 3 is 2.03 bits per heavy atom. The van der Waals surface area contributed by atoms with Crippen LogP contribution in [0, 0.1) is 11.8 Å². The van der Waals surface area contributed by atoms with Crippen molar-refractivity contribution in [1.82, 2.24) is 5.32 Å². The second-order valence-electron chi connectivity index (χ2n) is 9.53. The quantitative estimate of drug-likeness (QED) is 0.580. The van der Waals surface area contributed by atoms with Crippen LogP contribution in [0.15, 0.2) is 54.6 Å². The highest BCUT2D eigenvalue weighted by atomic mass is 16.5. The van der Waals surface area contributed by atoms with E-state index in [4.69, 9.17) is 10.5 Å². The van der Waals surface area contributed by atoms with E-state index in [0.29, 0.717) is 18.7 Å². The number of nitrogens with two attached hydrogens (primary N) is 1. The first kappa shape index (κ1) is 21.4. The van der Waals surface area contributed by atoms with Crippen LogP contribution in [-0.4, -0.2) is 12.1 Å². The Labute approximate surface area is 182 Å². The van der Waals surface area contributed by atoms with E-state index in [9.17, 15) is 0 Å². The lowest BCUT2D eigenvalue weighted by Crippen LogP contribution is -2.33. The van der Waals surface area contributed by atoms with Gasteiger partial charge in [0.2, 0.25) is 0 Å². The fourth-order valence-corrected chi connectivity index (χ4v) is 5.20. The van der Waals surface area contributed by atoms with Crippen molar-refractivity contribution in [2.45, 2.75) is 83.0 Å². The fourth-order valence-electron chi connectivity index (χ4n) is 5.20. The summed E-state index contributed by atoms with van der Waals surface area (Å²) < 4.78 is 5.89. The average Bonchev–Trinajstić information content (AvgIpc) is 2.80. The van der Waals surface area contributed by atoms with Gasteiger partial charge in [0.1, 0.15) is 12.4 Å².